The van der Waals surface area contributed by atoms with E-state index in [2.05, 4.69) is 10.6 Å². The monoisotopic (exact) mass is 323 g/mol. The molecule has 0 spiro atoms. The van der Waals surface area contributed by atoms with Gasteiger partial charge in [0.2, 0.25) is 0 Å². The number of anilines is 2. The molecular weight excluding hydrogens is 298 g/mol. The standard InChI is InChI=1S/C20H25N3O/c1-21-14-16-8-7-13-23(15-16)20(24)18-11-5-6-12-19(18)22-17-9-3-2-4-10-17/h2-6,9-12,16,21-22H,7-8,13-15H2,1H3. The number of piperidine rings is 1. The number of nitrogens with zero attached hydrogens (tertiary/aromatic N) is 1. The maximum atomic E-state index is 13.0. The van der Waals surface area contributed by atoms with Gasteiger partial charge >= 0.3 is 0 Å². The van der Waals surface area contributed by atoms with Crippen molar-refractivity contribution in [3.63, 3.8) is 0 Å². The lowest BCUT2D eigenvalue weighted by Crippen LogP contribution is -2.42. The van der Waals surface area contributed by atoms with Crippen LogP contribution in [0.2, 0.25) is 0 Å². The minimum Gasteiger partial charge on any atom is -0.355 e. The highest BCUT2D eigenvalue weighted by Crippen LogP contribution is 2.24. The first-order chi connectivity index (χ1) is 11.8. The Balaban J connectivity index is 1.77. The molecule has 4 heteroatoms. The molecule has 0 aromatic heterocycles. The molecule has 1 amide bonds. The van der Waals surface area contributed by atoms with E-state index in [1.54, 1.807) is 0 Å². The summed E-state index contributed by atoms with van der Waals surface area (Å²) in [5.41, 5.74) is 2.60. The van der Waals surface area contributed by atoms with Crippen LogP contribution in [0.4, 0.5) is 11.4 Å². The lowest BCUT2D eigenvalue weighted by Gasteiger charge is -2.33. The van der Waals surface area contributed by atoms with Crippen molar-refractivity contribution >= 4 is 17.3 Å². The maximum absolute atomic E-state index is 13.0. The van der Waals surface area contributed by atoms with Crippen LogP contribution in [-0.2, 0) is 0 Å². The van der Waals surface area contributed by atoms with Crippen molar-refractivity contribution < 1.29 is 4.79 Å². The molecule has 0 aliphatic carbocycles. The van der Waals surface area contributed by atoms with Crippen molar-refractivity contribution in [1.29, 1.82) is 0 Å². The summed E-state index contributed by atoms with van der Waals surface area (Å²) in [7, 11) is 1.97. The van der Waals surface area contributed by atoms with Crippen molar-refractivity contribution in [2.45, 2.75) is 12.8 Å². The SMILES string of the molecule is CNCC1CCCN(C(=O)c2ccccc2Nc2ccccc2)C1. The van der Waals surface area contributed by atoms with E-state index in [-0.39, 0.29) is 5.91 Å². The number of hydrogen-bond donors (Lipinski definition) is 2. The Morgan fingerprint density at radius 2 is 1.88 bits per heavy atom. The van der Waals surface area contributed by atoms with Crippen LogP contribution in [0.15, 0.2) is 54.6 Å². The predicted molar refractivity (Wildman–Crippen MR) is 98.7 cm³/mol. The largest absolute Gasteiger partial charge is 0.355 e. The van der Waals surface area contributed by atoms with Gasteiger partial charge in [-0.3, -0.25) is 4.79 Å². The number of carbonyl (C=O) groups is 1. The van der Waals surface area contributed by atoms with Gasteiger partial charge in [0.1, 0.15) is 0 Å². The minimum atomic E-state index is 0.120. The Morgan fingerprint density at radius 1 is 1.12 bits per heavy atom. The van der Waals surface area contributed by atoms with Gasteiger partial charge in [0.05, 0.1) is 11.3 Å². The quantitative estimate of drug-likeness (QED) is 0.885. The van der Waals surface area contributed by atoms with E-state index < -0.39 is 0 Å². The van der Waals surface area contributed by atoms with Crippen LogP contribution in [0, 0.1) is 5.92 Å². The average Bonchev–Trinajstić information content (AvgIpc) is 2.63. The molecule has 0 bridgehead atoms. The van der Waals surface area contributed by atoms with Crippen molar-refractivity contribution in [3.05, 3.63) is 60.2 Å². The Bertz CT molecular complexity index is 670. The van der Waals surface area contributed by atoms with Gasteiger partial charge in [-0.15, -0.1) is 0 Å². The normalized spacial score (nSPS) is 17.5. The van der Waals surface area contributed by atoms with Gasteiger partial charge in [-0.25, -0.2) is 0 Å². The van der Waals surface area contributed by atoms with Crippen LogP contribution in [0.5, 0.6) is 0 Å². The Kier molecular flexibility index (Phi) is 5.49. The first-order valence-corrected chi connectivity index (χ1v) is 8.63. The molecule has 2 N–H and O–H groups in total. The molecule has 2 aromatic carbocycles. The molecule has 0 radical (unpaired) electrons. The van der Waals surface area contributed by atoms with Crippen LogP contribution in [0.3, 0.4) is 0 Å². The molecule has 1 aliphatic rings. The van der Waals surface area contributed by atoms with E-state index >= 15 is 0 Å². The van der Waals surface area contributed by atoms with Gasteiger partial charge in [-0.1, -0.05) is 30.3 Å². The number of carbonyl (C=O) groups excluding carboxylic acids is 1. The number of para-hydroxylation sites is 2. The van der Waals surface area contributed by atoms with E-state index in [1.807, 2.05) is 66.5 Å². The lowest BCUT2D eigenvalue weighted by molar-refractivity contribution is 0.0675. The van der Waals surface area contributed by atoms with Crippen LogP contribution in [-0.4, -0.2) is 37.5 Å². The molecule has 2 aromatic rings. The summed E-state index contributed by atoms with van der Waals surface area (Å²) < 4.78 is 0. The third-order valence-corrected chi connectivity index (χ3v) is 4.51. The van der Waals surface area contributed by atoms with Crippen molar-refractivity contribution in [2.24, 2.45) is 5.92 Å². The number of benzene rings is 2. The maximum Gasteiger partial charge on any atom is 0.255 e. The summed E-state index contributed by atoms with van der Waals surface area (Å²) >= 11 is 0. The van der Waals surface area contributed by atoms with Crippen LogP contribution >= 0.6 is 0 Å². The van der Waals surface area contributed by atoms with E-state index in [9.17, 15) is 4.79 Å². The van der Waals surface area contributed by atoms with E-state index in [4.69, 9.17) is 0 Å². The zero-order chi connectivity index (χ0) is 16.8. The fourth-order valence-electron chi connectivity index (χ4n) is 3.33. The molecule has 1 heterocycles. The van der Waals surface area contributed by atoms with Gasteiger partial charge in [0.15, 0.2) is 0 Å². The number of hydrogen-bond acceptors (Lipinski definition) is 3. The molecule has 1 fully saturated rings. The molecule has 1 saturated heterocycles. The first-order valence-electron chi connectivity index (χ1n) is 8.63. The zero-order valence-electron chi connectivity index (χ0n) is 14.2. The zero-order valence-corrected chi connectivity index (χ0v) is 14.2. The van der Waals surface area contributed by atoms with E-state index in [1.165, 1.54) is 6.42 Å². The third kappa shape index (κ3) is 3.95. The second-order valence-corrected chi connectivity index (χ2v) is 6.35. The van der Waals surface area contributed by atoms with Crippen LogP contribution in [0.1, 0.15) is 23.2 Å². The Morgan fingerprint density at radius 3 is 2.67 bits per heavy atom. The van der Waals surface area contributed by atoms with Gasteiger partial charge in [0, 0.05) is 18.8 Å². The molecule has 0 saturated carbocycles. The van der Waals surface area contributed by atoms with Gasteiger partial charge in [-0.2, -0.15) is 0 Å². The molecule has 4 nitrogen and oxygen atoms in total. The summed E-state index contributed by atoms with van der Waals surface area (Å²) in [6, 6.07) is 17.7. The lowest BCUT2D eigenvalue weighted by atomic mass is 9.97. The molecule has 3 rings (SSSR count). The van der Waals surface area contributed by atoms with Crippen molar-refractivity contribution in [1.82, 2.24) is 10.2 Å². The number of nitrogens with one attached hydrogen (secondary N) is 2. The Hall–Kier alpha value is -2.33. The van der Waals surface area contributed by atoms with E-state index in [0.717, 1.165) is 43.0 Å². The molecule has 1 unspecified atom stereocenters. The van der Waals surface area contributed by atoms with Crippen molar-refractivity contribution in [2.75, 3.05) is 32.0 Å². The molecule has 126 valence electrons. The van der Waals surface area contributed by atoms with E-state index in [0.29, 0.717) is 5.92 Å². The summed E-state index contributed by atoms with van der Waals surface area (Å²) in [6.45, 7) is 2.64. The molecule has 1 aliphatic heterocycles. The topological polar surface area (TPSA) is 44.4 Å². The second-order valence-electron chi connectivity index (χ2n) is 6.35. The Labute approximate surface area is 143 Å². The highest BCUT2D eigenvalue weighted by atomic mass is 16.2. The number of amides is 1. The first kappa shape index (κ1) is 16.5. The smallest absolute Gasteiger partial charge is 0.255 e. The van der Waals surface area contributed by atoms with Crippen molar-refractivity contribution in [3.8, 4) is 0 Å². The van der Waals surface area contributed by atoms with Gasteiger partial charge in [0.25, 0.3) is 5.91 Å². The third-order valence-electron chi connectivity index (χ3n) is 4.51. The van der Waals surface area contributed by atoms with Gasteiger partial charge in [-0.05, 0) is 56.6 Å². The molecule has 24 heavy (non-hydrogen) atoms. The summed E-state index contributed by atoms with van der Waals surface area (Å²) in [4.78, 5) is 15.0. The van der Waals surface area contributed by atoms with Crippen LogP contribution in [0.25, 0.3) is 0 Å². The fraction of sp³-hybridized carbons (Fsp3) is 0.350. The summed E-state index contributed by atoms with van der Waals surface area (Å²) in [6.07, 6.45) is 2.26. The fourth-order valence-corrected chi connectivity index (χ4v) is 3.33. The number of likely N-dealkylation sites (tertiary alicyclic amines) is 1. The molecule has 1 atom stereocenters. The highest BCUT2D eigenvalue weighted by molar-refractivity contribution is 6.00. The predicted octanol–water partition coefficient (Wildman–Crippen LogP) is 3.50. The van der Waals surface area contributed by atoms with Crippen LogP contribution < -0.4 is 10.6 Å². The minimum absolute atomic E-state index is 0.120. The second kappa shape index (κ2) is 7.97. The summed E-state index contributed by atoms with van der Waals surface area (Å²) in [5, 5.41) is 6.60. The van der Waals surface area contributed by atoms with Gasteiger partial charge < -0.3 is 15.5 Å². The molecular formula is C20H25N3O. The average molecular weight is 323 g/mol. The number of rotatable bonds is 5. The summed E-state index contributed by atoms with van der Waals surface area (Å²) in [5.74, 6) is 0.664. The highest BCUT2D eigenvalue weighted by Gasteiger charge is 2.25.